The SMILES string of the molecule is O=C(O)CCCCCCC(=O)Oc1ccc2c3ccccc3c3ccccc3c2c1. The molecule has 0 aliphatic heterocycles. The minimum absolute atomic E-state index is 0.185. The van der Waals surface area contributed by atoms with Gasteiger partial charge in [-0.2, -0.15) is 0 Å². The highest BCUT2D eigenvalue weighted by Crippen LogP contribution is 2.36. The van der Waals surface area contributed by atoms with Gasteiger partial charge in [-0.15, -0.1) is 0 Å². The van der Waals surface area contributed by atoms with Crippen LogP contribution in [0.4, 0.5) is 0 Å². The summed E-state index contributed by atoms with van der Waals surface area (Å²) in [6.07, 6.45) is 3.52. The fourth-order valence-electron chi connectivity index (χ4n) is 4.03. The molecule has 1 N–H and O–H groups in total. The number of carboxylic acids is 1. The van der Waals surface area contributed by atoms with Crippen LogP contribution in [-0.2, 0) is 9.59 Å². The first-order valence-corrected chi connectivity index (χ1v) is 10.4. The summed E-state index contributed by atoms with van der Waals surface area (Å²) in [4.78, 5) is 22.8. The van der Waals surface area contributed by atoms with Crippen LogP contribution in [0.15, 0.2) is 66.7 Å². The van der Waals surface area contributed by atoms with Gasteiger partial charge in [0.15, 0.2) is 0 Å². The second-order valence-corrected chi connectivity index (χ2v) is 7.58. The highest BCUT2D eigenvalue weighted by Gasteiger charge is 2.11. The van der Waals surface area contributed by atoms with E-state index in [-0.39, 0.29) is 12.4 Å². The Hall–Kier alpha value is -3.40. The number of aliphatic carboxylic acids is 1. The summed E-state index contributed by atoms with van der Waals surface area (Å²) < 4.78 is 5.60. The fraction of sp³-hybridized carbons (Fsp3) is 0.231. The monoisotopic (exact) mass is 400 g/mol. The van der Waals surface area contributed by atoms with Gasteiger partial charge in [0, 0.05) is 12.8 Å². The molecule has 0 saturated carbocycles. The van der Waals surface area contributed by atoms with Gasteiger partial charge in [0.05, 0.1) is 0 Å². The Morgan fingerprint density at radius 3 is 1.70 bits per heavy atom. The van der Waals surface area contributed by atoms with Gasteiger partial charge in [-0.05, 0) is 57.3 Å². The van der Waals surface area contributed by atoms with E-state index in [0.29, 0.717) is 25.0 Å². The van der Waals surface area contributed by atoms with E-state index < -0.39 is 5.97 Å². The number of carbonyl (C=O) groups is 2. The van der Waals surface area contributed by atoms with Crippen LogP contribution in [0.25, 0.3) is 32.3 Å². The van der Waals surface area contributed by atoms with E-state index in [1.165, 1.54) is 16.2 Å². The lowest BCUT2D eigenvalue weighted by Gasteiger charge is -2.12. The first-order valence-electron chi connectivity index (χ1n) is 10.4. The van der Waals surface area contributed by atoms with Gasteiger partial charge in [-0.1, -0.05) is 67.4 Å². The molecule has 0 saturated heterocycles. The van der Waals surface area contributed by atoms with E-state index in [1.807, 2.05) is 36.4 Å². The largest absolute Gasteiger partial charge is 0.481 e. The molecule has 4 nitrogen and oxygen atoms in total. The first-order chi connectivity index (χ1) is 14.6. The molecular weight excluding hydrogens is 376 g/mol. The number of benzene rings is 4. The standard InChI is InChI=1S/C26H24O4/c27-25(28)13-3-1-2-4-14-26(29)30-18-15-16-23-21-11-6-5-9-19(21)20-10-7-8-12-22(20)24(23)17-18/h5-12,15-17H,1-4,13-14H2,(H,27,28). The van der Waals surface area contributed by atoms with Crippen molar-refractivity contribution in [3.8, 4) is 5.75 Å². The van der Waals surface area contributed by atoms with Gasteiger partial charge in [0.25, 0.3) is 0 Å². The van der Waals surface area contributed by atoms with Gasteiger partial charge < -0.3 is 9.84 Å². The van der Waals surface area contributed by atoms with Crippen LogP contribution >= 0.6 is 0 Å². The minimum atomic E-state index is -0.772. The summed E-state index contributed by atoms with van der Waals surface area (Å²) in [5, 5.41) is 15.6. The Morgan fingerprint density at radius 1 is 0.633 bits per heavy atom. The van der Waals surface area contributed by atoms with Crippen molar-refractivity contribution >= 4 is 44.3 Å². The zero-order valence-electron chi connectivity index (χ0n) is 16.8. The summed E-state index contributed by atoms with van der Waals surface area (Å²) in [6.45, 7) is 0. The number of carbonyl (C=O) groups excluding carboxylic acids is 1. The molecule has 0 atom stereocenters. The summed E-state index contributed by atoms with van der Waals surface area (Å²) in [7, 11) is 0. The zero-order chi connectivity index (χ0) is 20.9. The molecule has 0 aliphatic carbocycles. The summed E-state index contributed by atoms with van der Waals surface area (Å²) >= 11 is 0. The number of esters is 1. The number of hydrogen-bond donors (Lipinski definition) is 1. The molecule has 30 heavy (non-hydrogen) atoms. The Morgan fingerprint density at radius 2 is 1.13 bits per heavy atom. The van der Waals surface area contributed by atoms with E-state index in [1.54, 1.807) is 0 Å². The van der Waals surface area contributed by atoms with Gasteiger partial charge in [0.2, 0.25) is 0 Å². The van der Waals surface area contributed by atoms with E-state index in [2.05, 4.69) is 30.3 Å². The van der Waals surface area contributed by atoms with Crippen molar-refractivity contribution < 1.29 is 19.4 Å². The molecule has 0 spiro atoms. The third-order valence-corrected chi connectivity index (χ3v) is 5.47. The van der Waals surface area contributed by atoms with Gasteiger partial charge in [0.1, 0.15) is 5.75 Å². The lowest BCUT2D eigenvalue weighted by molar-refractivity contribution is -0.137. The molecule has 0 aliphatic rings. The molecular formula is C26H24O4. The summed E-state index contributed by atoms with van der Waals surface area (Å²) in [6, 6.07) is 22.5. The average molecular weight is 400 g/mol. The Labute approximate surface area is 175 Å². The molecule has 0 amide bonds. The van der Waals surface area contributed by atoms with Crippen molar-refractivity contribution in [3.05, 3.63) is 66.7 Å². The third kappa shape index (κ3) is 4.28. The number of ether oxygens (including phenoxy) is 1. The molecule has 152 valence electrons. The predicted molar refractivity (Wildman–Crippen MR) is 120 cm³/mol. The van der Waals surface area contributed by atoms with E-state index in [0.717, 1.165) is 29.0 Å². The highest BCUT2D eigenvalue weighted by molar-refractivity contribution is 6.25. The second-order valence-electron chi connectivity index (χ2n) is 7.58. The molecule has 4 rings (SSSR count). The van der Waals surface area contributed by atoms with Crippen LogP contribution < -0.4 is 4.74 Å². The lowest BCUT2D eigenvalue weighted by atomic mass is 9.94. The van der Waals surface area contributed by atoms with Crippen molar-refractivity contribution in [1.29, 1.82) is 0 Å². The van der Waals surface area contributed by atoms with Gasteiger partial charge >= 0.3 is 11.9 Å². The minimum Gasteiger partial charge on any atom is -0.481 e. The highest BCUT2D eigenvalue weighted by atomic mass is 16.5. The van der Waals surface area contributed by atoms with Crippen LogP contribution in [0.1, 0.15) is 38.5 Å². The topological polar surface area (TPSA) is 63.6 Å². The van der Waals surface area contributed by atoms with Crippen LogP contribution in [0, 0.1) is 0 Å². The zero-order valence-corrected chi connectivity index (χ0v) is 16.8. The Bertz CT molecular complexity index is 1190. The Kier molecular flexibility index (Phi) is 5.94. The van der Waals surface area contributed by atoms with Gasteiger partial charge in [-0.25, -0.2) is 0 Å². The number of fused-ring (bicyclic) bond motifs is 6. The first kappa shape index (κ1) is 19.9. The number of hydrogen-bond acceptors (Lipinski definition) is 3. The van der Waals surface area contributed by atoms with Crippen molar-refractivity contribution in [2.24, 2.45) is 0 Å². The molecule has 0 bridgehead atoms. The molecule has 4 heteroatoms. The maximum atomic E-state index is 12.2. The van der Waals surface area contributed by atoms with Gasteiger partial charge in [-0.3, -0.25) is 9.59 Å². The molecule has 4 aromatic rings. The quantitative estimate of drug-likeness (QED) is 0.159. The van der Waals surface area contributed by atoms with E-state index >= 15 is 0 Å². The van der Waals surface area contributed by atoms with Crippen molar-refractivity contribution in [2.75, 3.05) is 0 Å². The molecule has 0 radical (unpaired) electrons. The smallest absolute Gasteiger partial charge is 0.311 e. The molecule has 0 fully saturated rings. The normalized spacial score (nSPS) is 11.2. The van der Waals surface area contributed by atoms with Crippen LogP contribution in [0.3, 0.4) is 0 Å². The molecule has 0 heterocycles. The molecule has 0 aromatic heterocycles. The number of carboxylic acid groups (broad SMARTS) is 1. The second kappa shape index (κ2) is 8.95. The fourth-order valence-corrected chi connectivity index (χ4v) is 4.03. The van der Waals surface area contributed by atoms with Crippen molar-refractivity contribution in [3.63, 3.8) is 0 Å². The van der Waals surface area contributed by atoms with E-state index in [4.69, 9.17) is 9.84 Å². The lowest BCUT2D eigenvalue weighted by Crippen LogP contribution is -2.07. The summed E-state index contributed by atoms with van der Waals surface area (Å²) in [5.74, 6) is -0.470. The third-order valence-electron chi connectivity index (χ3n) is 5.47. The maximum absolute atomic E-state index is 12.2. The van der Waals surface area contributed by atoms with Crippen LogP contribution in [-0.4, -0.2) is 17.0 Å². The van der Waals surface area contributed by atoms with Crippen molar-refractivity contribution in [2.45, 2.75) is 38.5 Å². The van der Waals surface area contributed by atoms with Crippen molar-refractivity contribution in [1.82, 2.24) is 0 Å². The van der Waals surface area contributed by atoms with E-state index in [9.17, 15) is 9.59 Å². The maximum Gasteiger partial charge on any atom is 0.311 e. The van der Waals surface area contributed by atoms with Crippen LogP contribution in [0.2, 0.25) is 0 Å². The average Bonchev–Trinajstić information content (AvgIpc) is 2.76. The summed E-state index contributed by atoms with van der Waals surface area (Å²) in [5.41, 5.74) is 0. The number of unbranched alkanes of at least 4 members (excludes halogenated alkanes) is 3. The Balaban J connectivity index is 1.52. The predicted octanol–water partition coefficient (Wildman–Crippen LogP) is 6.48. The molecule has 0 unspecified atom stereocenters. The molecule has 4 aromatic carbocycles. The van der Waals surface area contributed by atoms with Crippen LogP contribution in [0.5, 0.6) is 5.75 Å². The number of rotatable bonds is 8.